The molecular weight excluding hydrogens is 273 g/mol. The van der Waals surface area contributed by atoms with Gasteiger partial charge in [0.2, 0.25) is 5.88 Å². The molecule has 0 aliphatic carbocycles. The molecule has 20 heavy (non-hydrogen) atoms. The molecule has 0 radical (unpaired) electrons. The van der Waals surface area contributed by atoms with Gasteiger partial charge in [-0.3, -0.25) is 4.79 Å². The van der Waals surface area contributed by atoms with Gasteiger partial charge in [0.25, 0.3) is 5.91 Å². The average Bonchev–Trinajstić information content (AvgIpc) is 2.35. The highest BCUT2D eigenvalue weighted by Gasteiger charge is 2.28. The van der Waals surface area contributed by atoms with Crippen LogP contribution in [-0.2, 0) is 0 Å². The summed E-state index contributed by atoms with van der Waals surface area (Å²) < 4.78 is 40.3. The van der Waals surface area contributed by atoms with Crippen molar-refractivity contribution in [3.63, 3.8) is 0 Å². The summed E-state index contributed by atoms with van der Waals surface area (Å²) in [7, 11) is 0. The van der Waals surface area contributed by atoms with E-state index in [-0.39, 0.29) is 29.3 Å². The van der Waals surface area contributed by atoms with Gasteiger partial charge in [-0.1, -0.05) is 13.8 Å². The molecule has 0 aliphatic rings. The van der Waals surface area contributed by atoms with Crippen molar-refractivity contribution in [3.8, 4) is 5.88 Å². The topological polar surface area (TPSA) is 51.2 Å². The highest BCUT2D eigenvalue weighted by Crippen LogP contribution is 2.17. The van der Waals surface area contributed by atoms with Crippen LogP contribution in [0.2, 0.25) is 0 Å². The summed E-state index contributed by atoms with van der Waals surface area (Å²) in [5, 5.41) is 2.77. The average molecular weight is 290 g/mol. The van der Waals surface area contributed by atoms with Gasteiger partial charge in [0.15, 0.2) is 6.61 Å². The van der Waals surface area contributed by atoms with Crippen LogP contribution in [0.1, 0.15) is 31.1 Å². The first-order valence-corrected chi connectivity index (χ1v) is 6.15. The summed E-state index contributed by atoms with van der Waals surface area (Å²) in [6.07, 6.45) is -3.22. The SMILES string of the molecule is CC(C)C(C)NC(=O)c1ccc(OCC(F)(F)F)nc1. The van der Waals surface area contributed by atoms with Crippen molar-refractivity contribution in [1.82, 2.24) is 10.3 Å². The first kappa shape index (κ1) is 16.3. The van der Waals surface area contributed by atoms with Crippen LogP contribution >= 0.6 is 0 Å². The molecule has 1 aromatic heterocycles. The van der Waals surface area contributed by atoms with Gasteiger partial charge in [-0.25, -0.2) is 4.98 Å². The predicted molar refractivity (Wildman–Crippen MR) is 67.6 cm³/mol. The Hall–Kier alpha value is -1.79. The number of nitrogens with one attached hydrogen (secondary N) is 1. The molecule has 1 rings (SSSR count). The highest BCUT2D eigenvalue weighted by atomic mass is 19.4. The lowest BCUT2D eigenvalue weighted by molar-refractivity contribution is -0.154. The zero-order valence-corrected chi connectivity index (χ0v) is 11.5. The number of halogens is 3. The maximum atomic E-state index is 12.0. The number of carbonyl (C=O) groups is 1. The summed E-state index contributed by atoms with van der Waals surface area (Å²) in [4.78, 5) is 15.5. The second-order valence-electron chi connectivity index (χ2n) is 4.80. The fraction of sp³-hybridized carbons (Fsp3) is 0.538. The van der Waals surface area contributed by atoms with E-state index in [1.165, 1.54) is 18.3 Å². The Morgan fingerprint density at radius 3 is 2.45 bits per heavy atom. The van der Waals surface area contributed by atoms with E-state index < -0.39 is 12.8 Å². The molecule has 1 atom stereocenters. The van der Waals surface area contributed by atoms with Crippen LogP contribution in [-0.4, -0.2) is 29.7 Å². The number of pyridine rings is 1. The minimum absolute atomic E-state index is 0.0105. The van der Waals surface area contributed by atoms with Gasteiger partial charge in [0, 0.05) is 18.3 Å². The van der Waals surface area contributed by atoms with Crippen molar-refractivity contribution in [2.45, 2.75) is 33.0 Å². The molecule has 4 nitrogen and oxygen atoms in total. The Morgan fingerprint density at radius 2 is 2.00 bits per heavy atom. The lowest BCUT2D eigenvalue weighted by Gasteiger charge is -2.17. The number of amides is 1. The maximum Gasteiger partial charge on any atom is 0.422 e. The van der Waals surface area contributed by atoms with E-state index in [9.17, 15) is 18.0 Å². The number of carbonyl (C=O) groups excluding carboxylic acids is 1. The molecule has 112 valence electrons. The Morgan fingerprint density at radius 1 is 1.35 bits per heavy atom. The molecule has 1 aromatic rings. The molecule has 0 fully saturated rings. The van der Waals surface area contributed by atoms with E-state index in [2.05, 4.69) is 15.0 Å². The van der Waals surface area contributed by atoms with Crippen molar-refractivity contribution >= 4 is 5.91 Å². The molecule has 1 unspecified atom stereocenters. The first-order valence-electron chi connectivity index (χ1n) is 6.15. The summed E-state index contributed by atoms with van der Waals surface area (Å²) in [6, 6.07) is 2.60. The smallest absolute Gasteiger partial charge is 0.422 e. The van der Waals surface area contributed by atoms with Crippen molar-refractivity contribution in [1.29, 1.82) is 0 Å². The predicted octanol–water partition coefficient (Wildman–Crippen LogP) is 2.80. The fourth-order valence-electron chi connectivity index (χ4n) is 1.21. The summed E-state index contributed by atoms with van der Waals surface area (Å²) in [5.41, 5.74) is 0.275. The van der Waals surface area contributed by atoms with Crippen molar-refractivity contribution < 1.29 is 22.7 Å². The van der Waals surface area contributed by atoms with Crippen LogP contribution in [0, 0.1) is 5.92 Å². The molecule has 7 heteroatoms. The third-order valence-corrected chi connectivity index (χ3v) is 2.74. The Kier molecular flexibility index (Phi) is 5.35. The van der Waals surface area contributed by atoms with Gasteiger partial charge in [0.1, 0.15) is 0 Å². The Labute approximate surface area is 115 Å². The second-order valence-corrected chi connectivity index (χ2v) is 4.80. The zero-order valence-electron chi connectivity index (χ0n) is 11.5. The molecule has 1 amide bonds. The van der Waals surface area contributed by atoms with Gasteiger partial charge in [0.05, 0.1) is 5.56 Å². The lowest BCUT2D eigenvalue weighted by atomic mass is 10.1. The van der Waals surface area contributed by atoms with Crippen LogP contribution in [0.4, 0.5) is 13.2 Å². The molecular formula is C13H17F3N2O2. The second kappa shape index (κ2) is 6.58. The minimum atomic E-state index is -4.41. The first-order chi connectivity index (χ1) is 9.19. The maximum absolute atomic E-state index is 12.0. The molecule has 0 aromatic carbocycles. The number of nitrogens with zero attached hydrogens (tertiary/aromatic N) is 1. The monoisotopic (exact) mass is 290 g/mol. The van der Waals surface area contributed by atoms with Crippen LogP contribution in [0.25, 0.3) is 0 Å². The number of hydrogen-bond donors (Lipinski definition) is 1. The van der Waals surface area contributed by atoms with Crippen molar-refractivity contribution in [2.75, 3.05) is 6.61 Å². The minimum Gasteiger partial charge on any atom is -0.468 e. The van der Waals surface area contributed by atoms with E-state index in [1.54, 1.807) is 0 Å². The molecule has 1 N–H and O–H groups in total. The van der Waals surface area contributed by atoms with Gasteiger partial charge in [-0.2, -0.15) is 13.2 Å². The van der Waals surface area contributed by atoms with E-state index >= 15 is 0 Å². The molecule has 0 saturated carbocycles. The lowest BCUT2D eigenvalue weighted by Crippen LogP contribution is -2.36. The van der Waals surface area contributed by atoms with Crippen LogP contribution < -0.4 is 10.1 Å². The van der Waals surface area contributed by atoms with Crippen LogP contribution in [0.3, 0.4) is 0 Å². The van der Waals surface area contributed by atoms with Gasteiger partial charge < -0.3 is 10.1 Å². The Bertz CT molecular complexity index is 444. The number of aromatic nitrogens is 1. The molecule has 0 aliphatic heterocycles. The van der Waals surface area contributed by atoms with E-state index in [0.29, 0.717) is 0 Å². The molecule has 0 bridgehead atoms. The fourth-order valence-corrected chi connectivity index (χ4v) is 1.21. The normalized spacial score (nSPS) is 13.2. The van der Waals surface area contributed by atoms with Gasteiger partial charge >= 0.3 is 6.18 Å². The standard InChI is InChI=1S/C13H17F3N2O2/c1-8(2)9(3)18-12(19)10-4-5-11(17-6-10)20-7-13(14,15)16/h4-6,8-9H,7H2,1-3H3,(H,18,19). The third-order valence-electron chi connectivity index (χ3n) is 2.74. The molecule has 0 saturated heterocycles. The van der Waals surface area contributed by atoms with Gasteiger partial charge in [-0.05, 0) is 18.9 Å². The van der Waals surface area contributed by atoms with Crippen LogP contribution in [0.5, 0.6) is 5.88 Å². The van der Waals surface area contributed by atoms with E-state index in [0.717, 1.165) is 0 Å². The number of alkyl halides is 3. The van der Waals surface area contributed by atoms with E-state index in [1.807, 2.05) is 20.8 Å². The highest BCUT2D eigenvalue weighted by molar-refractivity contribution is 5.94. The number of ether oxygens (including phenoxy) is 1. The summed E-state index contributed by atoms with van der Waals surface area (Å²) >= 11 is 0. The third kappa shape index (κ3) is 5.46. The molecule has 1 heterocycles. The van der Waals surface area contributed by atoms with Crippen molar-refractivity contribution in [3.05, 3.63) is 23.9 Å². The van der Waals surface area contributed by atoms with Gasteiger partial charge in [-0.15, -0.1) is 0 Å². The van der Waals surface area contributed by atoms with Crippen LogP contribution in [0.15, 0.2) is 18.3 Å². The van der Waals surface area contributed by atoms with E-state index in [4.69, 9.17) is 0 Å². The summed E-state index contributed by atoms with van der Waals surface area (Å²) in [6.45, 7) is 4.40. The quantitative estimate of drug-likeness (QED) is 0.907. The zero-order chi connectivity index (χ0) is 15.3. The summed E-state index contributed by atoms with van der Waals surface area (Å²) in [5.74, 6) is -0.210. The van der Waals surface area contributed by atoms with Crippen molar-refractivity contribution in [2.24, 2.45) is 5.92 Å². The number of rotatable bonds is 5. The number of hydrogen-bond acceptors (Lipinski definition) is 3. The Balaban J connectivity index is 2.60. The largest absolute Gasteiger partial charge is 0.468 e. The molecule has 0 spiro atoms.